The van der Waals surface area contributed by atoms with Gasteiger partial charge in [0.15, 0.2) is 0 Å². The normalized spacial score (nSPS) is 11.0. The molecule has 3 heterocycles. The minimum absolute atomic E-state index is 0.217. The van der Waals surface area contributed by atoms with Gasteiger partial charge in [-0.25, -0.2) is 4.57 Å². The topological polar surface area (TPSA) is 97.3 Å². The molecule has 0 aliphatic heterocycles. The van der Waals surface area contributed by atoms with Crippen molar-refractivity contribution in [2.45, 2.75) is 19.9 Å². The van der Waals surface area contributed by atoms with Gasteiger partial charge in [0.2, 0.25) is 11.5 Å². The van der Waals surface area contributed by atoms with Crippen LogP contribution in [0, 0.1) is 11.3 Å². The SMILES string of the molecule is CCOCCC[n+]1c(N)c(C#N)cc2c(=O)n3ccccc3nc21. The summed E-state index contributed by atoms with van der Waals surface area (Å²) in [6.45, 7) is 3.67. The molecular formula is C17H18N5O2+. The van der Waals surface area contributed by atoms with Crippen molar-refractivity contribution in [2.75, 3.05) is 18.9 Å². The van der Waals surface area contributed by atoms with Crippen LogP contribution in [0.4, 0.5) is 5.82 Å². The van der Waals surface area contributed by atoms with E-state index in [1.165, 1.54) is 10.5 Å². The lowest BCUT2D eigenvalue weighted by Crippen LogP contribution is -2.41. The van der Waals surface area contributed by atoms with E-state index in [2.05, 4.69) is 11.1 Å². The Balaban J connectivity index is 2.25. The van der Waals surface area contributed by atoms with E-state index < -0.39 is 0 Å². The predicted molar refractivity (Wildman–Crippen MR) is 89.4 cm³/mol. The first kappa shape index (κ1) is 15.9. The van der Waals surface area contributed by atoms with E-state index in [0.717, 1.165) is 0 Å². The van der Waals surface area contributed by atoms with Gasteiger partial charge in [0.1, 0.15) is 17.0 Å². The van der Waals surface area contributed by atoms with Crippen molar-refractivity contribution in [1.29, 1.82) is 5.26 Å². The monoisotopic (exact) mass is 324 g/mol. The number of nitrogen functional groups attached to an aromatic ring is 1. The van der Waals surface area contributed by atoms with Crippen molar-refractivity contribution in [2.24, 2.45) is 0 Å². The maximum absolute atomic E-state index is 12.7. The molecule has 0 saturated heterocycles. The molecule has 2 N–H and O–H groups in total. The molecule has 122 valence electrons. The number of nitriles is 1. The van der Waals surface area contributed by atoms with Gasteiger partial charge in [-0.3, -0.25) is 9.20 Å². The fraction of sp³-hybridized carbons (Fsp3) is 0.294. The number of fused-ring (bicyclic) bond motifs is 2. The summed E-state index contributed by atoms with van der Waals surface area (Å²) in [5, 5.41) is 9.69. The van der Waals surface area contributed by atoms with Crippen LogP contribution in [0.5, 0.6) is 0 Å². The number of aromatic nitrogens is 3. The lowest BCUT2D eigenvalue weighted by atomic mass is 10.2. The molecule has 0 bridgehead atoms. The molecule has 0 fully saturated rings. The summed E-state index contributed by atoms with van der Waals surface area (Å²) in [6, 6.07) is 8.91. The summed E-state index contributed by atoms with van der Waals surface area (Å²) < 4.78 is 8.54. The summed E-state index contributed by atoms with van der Waals surface area (Å²) in [5.41, 5.74) is 7.20. The molecule has 0 atom stereocenters. The summed E-state index contributed by atoms with van der Waals surface area (Å²) in [7, 11) is 0. The zero-order valence-electron chi connectivity index (χ0n) is 13.4. The first-order chi connectivity index (χ1) is 11.7. The van der Waals surface area contributed by atoms with E-state index in [-0.39, 0.29) is 11.1 Å². The summed E-state index contributed by atoms with van der Waals surface area (Å²) in [5.74, 6) is 0.314. The standard InChI is InChI=1S/C17H17N5O2/c1-2-24-9-5-8-22-15(19)12(11-18)10-13-16(22)20-14-6-3-4-7-21(14)17(13)23/h3-4,6-7,10,19H,2,5,8-9H2,1H3/p+1. The third kappa shape index (κ3) is 2.68. The molecule has 0 aliphatic carbocycles. The molecule has 3 rings (SSSR count). The average molecular weight is 324 g/mol. The van der Waals surface area contributed by atoms with Crippen molar-refractivity contribution >= 4 is 22.5 Å². The highest BCUT2D eigenvalue weighted by Crippen LogP contribution is 2.13. The van der Waals surface area contributed by atoms with Crippen LogP contribution in [0.25, 0.3) is 16.7 Å². The third-order valence-corrected chi connectivity index (χ3v) is 3.85. The number of pyridine rings is 2. The highest BCUT2D eigenvalue weighted by atomic mass is 16.5. The first-order valence-corrected chi connectivity index (χ1v) is 7.78. The van der Waals surface area contributed by atoms with Crippen molar-refractivity contribution in [3.63, 3.8) is 0 Å². The number of anilines is 1. The van der Waals surface area contributed by atoms with Gasteiger partial charge in [-0.2, -0.15) is 5.26 Å². The van der Waals surface area contributed by atoms with Crippen molar-refractivity contribution in [1.82, 2.24) is 9.38 Å². The number of ether oxygens (including phenoxy) is 1. The van der Waals surface area contributed by atoms with E-state index in [1.807, 2.05) is 13.0 Å². The molecule has 0 amide bonds. The molecule has 7 heteroatoms. The Hall–Kier alpha value is -2.98. The van der Waals surface area contributed by atoms with Crippen LogP contribution < -0.4 is 15.9 Å². The quantitative estimate of drug-likeness (QED) is 0.429. The fourth-order valence-electron chi connectivity index (χ4n) is 2.69. The van der Waals surface area contributed by atoms with E-state index in [9.17, 15) is 10.1 Å². The maximum Gasteiger partial charge on any atom is 0.278 e. The van der Waals surface area contributed by atoms with Crippen LogP contribution in [0.1, 0.15) is 18.9 Å². The highest BCUT2D eigenvalue weighted by Gasteiger charge is 2.20. The van der Waals surface area contributed by atoms with Gasteiger partial charge in [-0.05, 0) is 25.1 Å². The fourth-order valence-corrected chi connectivity index (χ4v) is 2.69. The Morgan fingerprint density at radius 2 is 2.29 bits per heavy atom. The number of nitrogens with zero attached hydrogens (tertiary/aromatic N) is 4. The van der Waals surface area contributed by atoms with Gasteiger partial charge in [-0.1, -0.05) is 11.1 Å². The molecule has 0 saturated carbocycles. The Labute approximate surface area is 138 Å². The second kappa shape index (κ2) is 6.64. The lowest BCUT2D eigenvalue weighted by Gasteiger charge is -2.09. The van der Waals surface area contributed by atoms with Gasteiger partial charge >= 0.3 is 0 Å². The smallest absolute Gasteiger partial charge is 0.278 e. The van der Waals surface area contributed by atoms with Crippen LogP contribution >= 0.6 is 0 Å². The largest absolute Gasteiger partial charge is 0.382 e. The van der Waals surface area contributed by atoms with E-state index in [0.29, 0.717) is 48.7 Å². The molecule has 0 spiro atoms. The Morgan fingerprint density at radius 3 is 3.04 bits per heavy atom. The lowest BCUT2D eigenvalue weighted by molar-refractivity contribution is -0.659. The maximum atomic E-state index is 12.7. The molecule has 0 radical (unpaired) electrons. The molecule has 3 aromatic rings. The van der Waals surface area contributed by atoms with Crippen LogP contribution in [0.2, 0.25) is 0 Å². The van der Waals surface area contributed by atoms with Gasteiger partial charge in [0.05, 0.1) is 6.54 Å². The Kier molecular flexibility index (Phi) is 4.40. The van der Waals surface area contributed by atoms with E-state index in [1.54, 1.807) is 22.9 Å². The van der Waals surface area contributed by atoms with Gasteiger partial charge < -0.3 is 10.5 Å². The van der Waals surface area contributed by atoms with Crippen LogP contribution in [0.3, 0.4) is 0 Å². The minimum Gasteiger partial charge on any atom is -0.382 e. The molecule has 7 nitrogen and oxygen atoms in total. The Bertz CT molecular complexity index is 1000. The molecule has 0 aliphatic rings. The van der Waals surface area contributed by atoms with Gasteiger partial charge in [-0.15, -0.1) is 0 Å². The van der Waals surface area contributed by atoms with Crippen LogP contribution in [-0.4, -0.2) is 22.6 Å². The first-order valence-electron chi connectivity index (χ1n) is 7.78. The molecule has 0 unspecified atom stereocenters. The summed E-state index contributed by atoms with van der Waals surface area (Å²) in [6.07, 6.45) is 2.37. The van der Waals surface area contributed by atoms with Gasteiger partial charge in [0, 0.05) is 25.8 Å². The molecular weight excluding hydrogens is 306 g/mol. The molecule has 3 aromatic heterocycles. The zero-order valence-corrected chi connectivity index (χ0v) is 13.4. The average Bonchev–Trinajstić information content (AvgIpc) is 2.60. The summed E-state index contributed by atoms with van der Waals surface area (Å²) >= 11 is 0. The summed E-state index contributed by atoms with van der Waals surface area (Å²) in [4.78, 5) is 17.3. The number of hydrogen-bond donors (Lipinski definition) is 1. The van der Waals surface area contributed by atoms with E-state index in [4.69, 9.17) is 10.5 Å². The number of rotatable bonds is 5. The van der Waals surface area contributed by atoms with E-state index >= 15 is 0 Å². The predicted octanol–water partition coefficient (Wildman–Crippen LogP) is 1.02. The van der Waals surface area contributed by atoms with Crippen LogP contribution in [0.15, 0.2) is 35.3 Å². The van der Waals surface area contributed by atoms with Crippen molar-refractivity contribution in [3.05, 3.63) is 46.4 Å². The third-order valence-electron chi connectivity index (χ3n) is 3.85. The molecule has 24 heavy (non-hydrogen) atoms. The second-order valence-corrected chi connectivity index (χ2v) is 5.34. The van der Waals surface area contributed by atoms with Crippen LogP contribution in [-0.2, 0) is 11.3 Å². The minimum atomic E-state index is -0.217. The zero-order chi connectivity index (χ0) is 17.1. The number of aryl methyl sites for hydroxylation is 1. The van der Waals surface area contributed by atoms with Crippen molar-refractivity contribution < 1.29 is 9.30 Å². The van der Waals surface area contributed by atoms with Gasteiger partial charge in [0.25, 0.3) is 11.2 Å². The number of nitrogens with two attached hydrogens (primary N) is 1. The Morgan fingerprint density at radius 1 is 1.46 bits per heavy atom. The van der Waals surface area contributed by atoms with Crippen molar-refractivity contribution in [3.8, 4) is 6.07 Å². The second-order valence-electron chi connectivity index (χ2n) is 5.34. The highest BCUT2D eigenvalue weighted by molar-refractivity contribution is 5.76. The molecule has 0 aromatic carbocycles. The number of hydrogen-bond acceptors (Lipinski definition) is 5.